The minimum absolute atomic E-state index is 0.0863. The normalized spacial score (nSPS) is 18.6. The first-order chi connectivity index (χ1) is 8.29. The molecule has 0 saturated heterocycles. The van der Waals surface area contributed by atoms with Crippen LogP contribution in [0, 0.1) is 0 Å². The number of nitrogens with zero attached hydrogens (tertiary/aromatic N) is 2. The van der Waals surface area contributed by atoms with Gasteiger partial charge in [-0.1, -0.05) is 0 Å². The predicted octanol–water partition coefficient (Wildman–Crippen LogP) is -1.40. The molecule has 0 aromatic heterocycles. The summed E-state index contributed by atoms with van der Waals surface area (Å²) in [5.74, 6) is -2.89. The molecule has 1 aliphatic heterocycles. The van der Waals surface area contributed by atoms with E-state index in [9.17, 15) is 27.9 Å². The molecule has 0 bridgehead atoms. The molecule has 2 rings (SSSR count). The molecule has 1 aromatic rings. The van der Waals surface area contributed by atoms with Crippen LogP contribution in [-0.4, -0.2) is 17.9 Å². The maximum absolute atomic E-state index is 12.4. The second-order valence-electron chi connectivity index (χ2n) is 3.50. The molecule has 0 spiro atoms. The zero-order valence-corrected chi connectivity index (χ0v) is 8.56. The average molecular weight is 257 g/mol. The van der Waals surface area contributed by atoms with Crippen LogP contribution in [0.1, 0.15) is 5.56 Å². The van der Waals surface area contributed by atoms with Gasteiger partial charge in [-0.05, 0) is 18.2 Å². The Morgan fingerprint density at radius 2 is 1.94 bits per heavy atom. The van der Waals surface area contributed by atoms with E-state index in [0.717, 1.165) is 12.1 Å². The van der Waals surface area contributed by atoms with Crippen molar-refractivity contribution in [3.8, 4) is 0 Å². The lowest BCUT2D eigenvalue weighted by Crippen LogP contribution is -2.46. The lowest BCUT2D eigenvalue weighted by atomic mass is 10.1. The Morgan fingerprint density at radius 3 is 2.50 bits per heavy atom. The number of hydrogen-bond acceptors (Lipinski definition) is 4. The van der Waals surface area contributed by atoms with Crippen molar-refractivity contribution in [1.82, 2.24) is 0 Å². The number of halogens is 3. The van der Waals surface area contributed by atoms with Crippen LogP contribution in [0.25, 0.3) is 0 Å². The number of aliphatic carboxylic acids is 1. The van der Waals surface area contributed by atoms with E-state index in [2.05, 4.69) is 9.98 Å². The van der Waals surface area contributed by atoms with E-state index in [1.54, 1.807) is 0 Å². The summed E-state index contributed by atoms with van der Waals surface area (Å²) in [5, 5.41) is 10.1. The Kier molecular flexibility index (Phi) is 2.64. The Morgan fingerprint density at radius 1 is 1.28 bits per heavy atom. The van der Waals surface area contributed by atoms with Crippen molar-refractivity contribution >= 4 is 11.9 Å². The second kappa shape index (κ2) is 3.90. The fourth-order valence-corrected chi connectivity index (χ4v) is 1.43. The summed E-state index contributed by atoms with van der Waals surface area (Å²) < 4.78 is 37.2. The van der Waals surface area contributed by atoms with Crippen molar-refractivity contribution < 1.29 is 27.9 Å². The van der Waals surface area contributed by atoms with E-state index < -0.39 is 29.7 Å². The van der Waals surface area contributed by atoms with Gasteiger partial charge in [-0.15, -0.1) is 0 Å². The number of carboxylic acids is 1. The van der Waals surface area contributed by atoms with Gasteiger partial charge in [-0.2, -0.15) is 13.2 Å². The SMILES string of the molecule is O=C([O-])C1N=c2ccc(C(F)(F)F)cc2=NC1=O. The minimum atomic E-state index is -4.57. The molecule has 18 heavy (non-hydrogen) atoms. The van der Waals surface area contributed by atoms with Gasteiger partial charge in [0.2, 0.25) is 0 Å². The third kappa shape index (κ3) is 2.08. The molecule has 1 unspecified atom stereocenters. The van der Waals surface area contributed by atoms with Gasteiger partial charge in [0.15, 0.2) is 6.04 Å². The fourth-order valence-electron chi connectivity index (χ4n) is 1.43. The summed E-state index contributed by atoms with van der Waals surface area (Å²) >= 11 is 0. The molecule has 0 aliphatic carbocycles. The summed E-state index contributed by atoms with van der Waals surface area (Å²) in [4.78, 5) is 28.5. The molecule has 0 fully saturated rings. The van der Waals surface area contributed by atoms with E-state index in [4.69, 9.17) is 0 Å². The molecule has 0 N–H and O–H groups in total. The van der Waals surface area contributed by atoms with Gasteiger partial charge in [0.05, 0.1) is 22.2 Å². The van der Waals surface area contributed by atoms with Crippen molar-refractivity contribution in [2.24, 2.45) is 9.98 Å². The third-order valence-corrected chi connectivity index (χ3v) is 2.26. The van der Waals surface area contributed by atoms with Gasteiger partial charge in [0, 0.05) is 0 Å². The first kappa shape index (κ1) is 12.2. The molecular formula is C10H4F3N2O3-. The van der Waals surface area contributed by atoms with Crippen LogP contribution in [-0.2, 0) is 15.8 Å². The number of benzene rings is 1. The highest BCUT2D eigenvalue weighted by Gasteiger charge is 2.31. The van der Waals surface area contributed by atoms with Gasteiger partial charge in [0.1, 0.15) is 0 Å². The predicted molar refractivity (Wildman–Crippen MR) is 47.6 cm³/mol. The van der Waals surface area contributed by atoms with E-state index >= 15 is 0 Å². The number of carbonyl (C=O) groups excluding carboxylic acids is 2. The molecule has 0 radical (unpaired) electrons. The molecule has 1 amide bonds. The standard InChI is InChI=1S/C10H5F3N2O3/c11-10(12,13)4-1-2-5-6(3-4)15-8(16)7(14-5)9(17)18/h1-3,7H,(H,17,18)/p-1. The molecule has 1 aromatic carbocycles. The van der Waals surface area contributed by atoms with Gasteiger partial charge in [0.25, 0.3) is 5.91 Å². The summed E-state index contributed by atoms with van der Waals surface area (Å²) in [6.45, 7) is 0. The van der Waals surface area contributed by atoms with Crippen LogP contribution in [0.3, 0.4) is 0 Å². The van der Waals surface area contributed by atoms with Crippen LogP contribution < -0.4 is 15.8 Å². The molecule has 1 atom stereocenters. The summed E-state index contributed by atoms with van der Waals surface area (Å²) in [5.41, 5.74) is -0.986. The molecule has 94 valence electrons. The smallest absolute Gasteiger partial charge is 0.416 e. The Labute approximate surface area is 97.3 Å². The number of carboxylic acid groups (broad SMARTS) is 1. The Hall–Kier alpha value is -2.25. The monoisotopic (exact) mass is 257 g/mol. The van der Waals surface area contributed by atoms with Crippen LogP contribution in [0.5, 0.6) is 0 Å². The van der Waals surface area contributed by atoms with Crippen LogP contribution in [0.2, 0.25) is 0 Å². The third-order valence-electron chi connectivity index (χ3n) is 2.26. The van der Waals surface area contributed by atoms with E-state index in [-0.39, 0.29) is 10.7 Å². The van der Waals surface area contributed by atoms with E-state index in [1.807, 2.05) is 0 Å². The Balaban J connectivity index is 2.62. The van der Waals surface area contributed by atoms with Crippen LogP contribution in [0.15, 0.2) is 28.2 Å². The molecule has 8 heteroatoms. The topological polar surface area (TPSA) is 81.9 Å². The largest absolute Gasteiger partial charge is 0.547 e. The van der Waals surface area contributed by atoms with Gasteiger partial charge in [-0.25, -0.2) is 4.99 Å². The van der Waals surface area contributed by atoms with Crippen molar-refractivity contribution in [3.05, 3.63) is 34.5 Å². The van der Waals surface area contributed by atoms with Crippen molar-refractivity contribution in [2.75, 3.05) is 0 Å². The zero-order chi connectivity index (χ0) is 13.5. The fraction of sp³-hybridized carbons (Fsp3) is 0.200. The molecule has 1 aliphatic rings. The molecular weight excluding hydrogens is 253 g/mol. The van der Waals surface area contributed by atoms with Gasteiger partial charge >= 0.3 is 6.18 Å². The second-order valence-corrected chi connectivity index (χ2v) is 3.50. The summed E-state index contributed by atoms with van der Waals surface area (Å²) in [7, 11) is 0. The van der Waals surface area contributed by atoms with Gasteiger partial charge in [-0.3, -0.25) is 9.79 Å². The van der Waals surface area contributed by atoms with Gasteiger partial charge < -0.3 is 9.90 Å². The van der Waals surface area contributed by atoms with Crippen molar-refractivity contribution in [3.63, 3.8) is 0 Å². The van der Waals surface area contributed by atoms with Crippen LogP contribution in [0.4, 0.5) is 13.2 Å². The van der Waals surface area contributed by atoms with E-state index in [0.29, 0.717) is 6.07 Å². The number of hydrogen-bond donors (Lipinski definition) is 0. The number of alkyl halides is 3. The first-order valence-corrected chi connectivity index (χ1v) is 4.67. The number of amides is 1. The average Bonchev–Trinajstić information content (AvgIpc) is 2.25. The summed E-state index contributed by atoms with van der Waals surface area (Å²) in [6, 6.07) is 0.543. The van der Waals surface area contributed by atoms with Crippen LogP contribution >= 0.6 is 0 Å². The lowest BCUT2D eigenvalue weighted by Gasteiger charge is -2.13. The highest BCUT2D eigenvalue weighted by molar-refractivity contribution is 6.01. The maximum Gasteiger partial charge on any atom is 0.416 e. The number of rotatable bonds is 1. The highest BCUT2D eigenvalue weighted by Crippen LogP contribution is 2.27. The minimum Gasteiger partial charge on any atom is -0.547 e. The van der Waals surface area contributed by atoms with Crippen molar-refractivity contribution in [2.45, 2.75) is 12.2 Å². The zero-order valence-electron chi connectivity index (χ0n) is 8.56. The van der Waals surface area contributed by atoms with E-state index in [1.165, 1.54) is 0 Å². The molecule has 0 saturated carbocycles. The molecule has 1 heterocycles. The number of fused-ring (bicyclic) bond motifs is 1. The highest BCUT2D eigenvalue weighted by atomic mass is 19.4. The maximum atomic E-state index is 12.4. The quantitative estimate of drug-likeness (QED) is 0.580. The Bertz CT molecular complexity index is 651. The summed E-state index contributed by atoms with van der Waals surface area (Å²) in [6.07, 6.45) is -4.57. The number of carbonyl (C=O) groups is 2. The van der Waals surface area contributed by atoms with Crippen molar-refractivity contribution in [1.29, 1.82) is 0 Å². The first-order valence-electron chi connectivity index (χ1n) is 4.67. The lowest BCUT2D eigenvalue weighted by molar-refractivity contribution is -0.306. The molecule has 5 nitrogen and oxygen atoms in total.